The van der Waals surface area contributed by atoms with E-state index in [9.17, 15) is 4.79 Å². The number of nitrogens with zero attached hydrogens (tertiary/aromatic N) is 5. The van der Waals surface area contributed by atoms with Crippen molar-refractivity contribution >= 4 is 11.6 Å². The Morgan fingerprint density at radius 3 is 2.48 bits per heavy atom. The van der Waals surface area contributed by atoms with E-state index in [0.717, 1.165) is 38.3 Å². The largest absolute Gasteiger partial charge is 0.368 e. The van der Waals surface area contributed by atoms with Gasteiger partial charge in [0.15, 0.2) is 5.66 Å². The summed E-state index contributed by atoms with van der Waals surface area (Å²) < 4.78 is 0. The fourth-order valence-electron chi connectivity index (χ4n) is 2.90. The maximum atomic E-state index is 12.4. The summed E-state index contributed by atoms with van der Waals surface area (Å²) in [6, 6.07) is 4.01. The van der Waals surface area contributed by atoms with Crippen LogP contribution in [-0.2, 0) is 4.79 Å². The molecule has 1 aromatic heterocycles. The summed E-state index contributed by atoms with van der Waals surface area (Å²) in [7, 11) is 0. The molecule has 6 heteroatoms. The highest BCUT2D eigenvalue weighted by Crippen LogP contribution is 2.37. The first-order chi connectivity index (χ1) is 11.2. The number of hydrogen-bond donors (Lipinski definition) is 0. The molecule has 3 rings (SSSR count). The molecule has 2 aliphatic rings. The van der Waals surface area contributed by atoms with E-state index in [4.69, 9.17) is 6.42 Å². The molecule has 0 unspecified atom stereocenters. The van der Waals surface area contributed by atoms with Crippen molar-refractivity contribution in [2.75, 3.05) is 31.1 Å². The van der Waals surface area contributed by atoms with Gasteiger partial charge in [-0.25, -0.2) is 0 Å². The van der Waals surface area contributed by atoms with Gasteiger partial charge < -0.3 is 9.80 Å². The van der Waals surface area contributed by atoms with Gasteiger partial charge in [0, 0.05) is 69.9 Å². The van der Waals surface area contributed by atoms with Crippen molar-refractivity contribution in [2.24, 2.45) is 10.2 Å². The van der Waals surface area contributed by atoms with E-state index in [1.165, 1.54) is 0 Å². The average molecular weight is 311 g/mol. The Morgan fingerprint density at radius 1 is 1.17 bits per heavy atom. The number of carbonyl (C=O) groups is 1. The van der Waals surface area contributed by atoms with Gasteiger partial charge in [0.2, 0.25) is 5.91 Å². The zero-order chi connectivity index (χ0) is 16.1. The van der Waals surface area contributed by atoms with Gasteiger partial charge in [0.25, 0.3) is 0 Å². The van der Waals surface area contributed by atoms with Crippen LogP contribution in [0.3, 0.4) is 0 Å². The van der Waals surface area contributed by atoms with Gasteiger partial charge >= 0.3 is 0 Å². The standard InChI is InChI=1S/C17H21N5O/c1-2-3-7-17(19-20-17)8-4-16(23)22-13-11-21(12-14-22)15-5-9-18-10-6-15/h1,5-6,9-10H,3-4,7-8,11-14H2. The molecule has 0 spiro atoms. The summed E-state index contributed by atoms with van der Waals surface area (Å²) in [6.07, 6.45) is 11.5. The zero-order valence-corrected chi connectivity index (χ0v) is 13.2. The van der Waals surface area contributed by atoms with E-state index in [-0.39, 0.29) is 11.6 Å². The molecule has 1 amide bonds. The normalized spacial score (nSPS) is 18.6. The Hall–Kier alpha value is -2.42. The van der Waals surface area contributed by atoms with E-state index in [1.54, 1.807) is 12.4 Å². The number of rotatable bonds is 6. The van der Waals surface area contributed by atoms with Crippen LogP contribution in [-0.4, -0.2) is 47.6 Å². The Balaban J connectivity index is 1.43. The van der Waals surface area contributed by atoms with Crippen LogP contribution in [0.15, 0.2) is 34.8 Å². The van der Waals surface area contributed by atoms with Crippen LogP contribution in [0, 0.1) is 12.3 Å². The van der Waals surface area contributed by atoms with Gasteiger partial charge in [0.1, 0.15) is 0 Å². The number of hydrogen-bond acceptors (Lipinski definition) is 5. The highest BCUT2D eigenvalue weighted by molar-refractivity contribution is 5.76. The third-order valence-corrected chi connectivity index (χ3v) is 4.45. The number of terminal acetylenes is 1. The maximum Gasteiger partial charge on any atom is 0.222 e. The molecule has 120 valence electrons. The fraction of sp³-hybridized carbons (Fsp3) is 0.529. The van der Waals surface area contributed by atoms with Crippen molar-refractivity contribution in [3.8, 4) is 12.3 Å². The summed E-state index contributed by atoms with van der Waals surface area (Å²) in [4.78, 5) is 20.6. The molecule has 0 aromatic carbocycles. The number of aromatic nitrogens is 1. The minimum absolute atomic E-state index is 0.191. The molecule has 0 N–H and O–H groups in total. The molecular formula is C17H21N5O. The summed E-state index contributed by atoms with van der Waals surface area (Å²) in [5.41, 5.74) is 0.803. The summed E-state index contributed by atoms with van der Waals surface area (Å²) >= 11 is 0. The Kier molecular flexibility index (Phi) is 4.56. The van der Waals surface area contributed by atoms with Crippen LogP contribution in [0.25, 0.3) is 0 Å². The molecule has 0 bridgehead atoms. The molecule has 0 aliphatic carbocycles. The quantitative estimate of drug-likeness (QED) is 0.756. The molecule has 1 fully saturated rings. The molecule has 3 heterocycles. The minimum Gasteiger partial charge on any atom is -0.368 e. The molecule has 0 saturated carbocycles. The van der Waals surface area contributed by atoms with Crippen molar-refractivity contribution in [1.29, 1.82) is 0 Å². The number of carbonyl (C=O) groups excluding carboxylic acids is 1. The number of piperazine rings is 1. The lowest BCUT2D eigenvalue weighted by atomic mass is 10.0. The fourth-order valence-corrected chi connectivity index (χ4v) is 2.90. The van der Waals surface area contributed by atoms with Gasteiger partial charge in [-0.3, -0.25) is 9.78 Å². The lowest BCUT2D eigenvalue weighted by Gasteiger charge is -2.36. The van der Waals surface area contributed by atoms with E-state index in [0.29, 0.717) is 19.3 Å². The monoisotopic (exact) mass is 311 g/mol. The number of anilines is 1. The molecule has 6 nitrogen and oxygen atoms in total. The van der Waals surface area contributed by atoms with Crippen LogP contribution in [0.2, 0.25) is 0 Å². The summed E-state index contributed by atoms with van der Waals surface area (Å²) in [5, 5.41) is 8.17. The highest BCUT2D eigenvalue weighted by Gasteiger charge is 2.39. The van der Waals surface area contributed by atoms with E-state index in [1.807, 2.05) is 17.0 Å². The lowest BCUT2D eigenvalue weighted by molar-refractivity contribution is -0.131. The predicted molar refractivity (Wildman–Crippen MR) is 87.9 cm³/mol. The Morgan fingerprint density at radius 2 is 1.87 bits per heavy atom. The molecular weight excluding hydrogens is 290 g/mol. The second kappa shape index (κ2) is 6.78. The van der Waals surface area contributed by atoms with Gasteiger partial charge in [0.05, 0.1) is 0 Å². The average Bonchev–Trinajstić information content (AvgIpc) is 3.39. The first kappa shape index (κ1) is 15.5. The third kappa shape index (κ3) is 3.86. The van der Waals surface area contributed by atoms with Crippen LogP contribution in [0.1, 0.15) is 25.7 Å². The number of amides is 1. The SMILES string of the molecule is C#CCCC1(CCC(=O)N2CCN(c3ccncc3)CC2)N=N1. The smallest absolute Gasteiger partial charge is 0.222 e. The van der Waals surface area contributed by atoms with Crippen molar-refractivity contribution < 1.29 is 4.79 Å². The van der Waals surface area contributed by atoms with Gasteiger partial charge in [-0.1, -0.05) is 0 Å². The van der Waals surface area contributed by atoms with Crippen LogP contribution in [0.4, 0.5) is 5.69 Å². The van der Waals surface area contributed by atoms with Crippen molar-refractivity contribution in [3.05, 3.63) is 24.5 Å². The second-order valence-electron chi connectivity index (χ2n) is 5.96. The number of pyridine rings is 1. The molecule has 0 atom stereocenters. The lowest BCUT2D eigenvalue weighted by Crippen LogP contribution is -2.48. The van der Waals surface area contributed by atoms with Crippen molar-refractivity contribution in [3.63, 3.8) is 0 Å². The van der Waals surface area contributed by atoms with E-state index >= 15 is 0 Å². The molecule has 1 aromatic rings. The zero-order valence-electron chi connectivity index (χ0n) is 13.2. The topological polar surface area (TPSA) is 61.2 Å². The van der Waals surface area contributed by atoms with E-state index < -0.39 is 0 Å². The molecule has 23 heavy (non-hydrogen) atoms. The van der Waals surface area contributed by atoms with Gasteiger partial charge in [-0.15, -0.1) is 12.3 Å². The summed E-state index contributed by atoms with van der Waals surface area (Å²) in [6.45, 7) is 3.22. The highest BCUT2D eigenvalue weighted by atomic mass is 16.2. The Labute approximate surface area is 136 Å². The van der Waals surface area contributed by atoms with Crippen LogP contribution in [0.5, 0.6) is 0 Å². The minimum atomic E-state index is -0.360. The van der Waals surface area contributed by atoms with Crippen molar-refractivity contribution in [1.82, 2.24) is 9.88 Å². The van der Waals surface area contributed by atoms with Crippen molar-refractivity contribution in [2.45, 2.75) is 31.3 Å². The maximum absolute atomic E-state index is 12.4. The van der Waals surface area contributed by atoms with E-state index in [2.05, 4.69) is 26.0 Å². The van der Waals surface area contributed by atoms with Crippen LogP contribution >= 0.6 is 0 Å². The van der Waals surface area contributed by atoms with Crippen LogP contribution < -0.4 is 4.90 Å². The second-order valence-corrected chi connectivity index (χ2v) is 5.96. The summed E-state index contributed by atoms with van der Waals surface area (Å²) in [5.74, 6) is 2.80. The molecule has 2 aliphatic heterocycles. The third-order valence-electron chi connectivity index (χ3n) is 4.45. The first-order valence-electron chi connectivity index (χ1n) is 8.03. The molecule has 0 radical (unpaired) electrons. The molecule has 1 saturated heterocycles. The first-order valence-corrected chi connectivity index (χ1v) is 8.03. The van der Waals surface area contributed by atoms with Gasteiger partial charge in [-0.05, 0) is 12.1 Å². The van der Waals surface area contributed by atoms with Gasteiger partial charge in [-0.2, -0.15) is 10.2 Å². The Bertz CT molecular complexity index is 608. The predicted octanol–water partition coefficient (Wildman–Crippen LogP) is 2.09.